The molecule has 3 aliphatic rings. The molecule has 4 heteroatoms. The highest BCUT2D eigenvalue weighted by Crippen LogP contribution is 2.43. The highest BCUT2D eigenvalue weighted by molar-refractivity contribution is 9.10. The number of halogens is 1. The van der Waals surface area contributed by atoms with Crippen LogP contribution in [-0.4, -0.2) is 49.6 Å². The van der Waals surface area contributed by atoms with Crippen molar-refractivity contribution in [1.82, 2.24) is 9.80 Å². The minimum absolute atomic E-state index is 0.879. The quantitative estimate of drug-likeness (QED) is 0.711. The molecule has 1 aromatic rings. The first-order valence-electron chi connectivity index (χ1n) is 9.16. The van der Waals surface area contributed by atoms with Gasteiger partial charge in [0, 0.05) is 39.3 Å². The predicted molar refractivity (Wildman–Crippen MR) is 101 cm³/mol. The van der Waals surface area contributed by atoms with E-state index in [4.69, 9.17) is 4.74 Å². The molecule has 1 saturated carbocycles. The van der Waals surface area contributed by atoms with E-state index in [2.05, 4.69) is 56.1 Å². The molecule has 1 heterocycles. The molecule has 2 aliphatic carbocycles. The number of hydrogen-bond acceptors (Lipinski definition) is 3. The van der Waals surface area contributed by atoms with E-state index in [0.29, 0.717) is 0 Å². The number of ether oxygens (including phenoxy) is 1. The van der Waals surface area contributed by atoms with Gasteiger partial charge < -0.3 is 9.64 Å². The molecule has 0 amide bonds. The second-order valence-corrected chi connectivity index (χ2v) is 8.44. The average molecular weight is 391 g/mol. The van der Waals surface area contributed by atoms with Gasteiger partial charge in [-0.1, -0.05) is 18.2 Å². The fraction of sp³-hybridized carbons (Fsp3) is 0.600. The highest BCUT2D eigenvalue weighted by atomic mass is 79.9. The van der Waals surface area contributed by atoms with Gasteiger partial charge in [-0.2, -0.15) is 0 Å². The molecule has 24 heavy (non-hydrogen) atoms. The Morgan fingerprint density at radius 3 is 2.50 bits per heavy atom. The van der Waals surface area contributed by atoms with Crippen LogP contribution in [0.1, 0.15) is 18.4 Å². The van der Waals surface area contributed by atoms with Gasteiger partial charge in [0.05, 0.1) is 11.6 Å². The Kier molecular flexibility index (Phi) is 4.98. The van der Waals surface area contributed by atoms with E-state index in [0.717, 1.165) is 34.5 Å². The zero-order chi connectivity index (χ0) is 16.5. The van der Waals surface area contributed by atoms with E-state index in [1.165, 1.54) is 51.1 Å². The lowest BCUT2D eigenvalue weighted by molar-refractivity contribution is 0.108. The largest absolute Gasteiger partial charge is 0.496 e. The average Bonchev–Trinajstić information content (AvgIpc) is 3.20. The summed E-state index contributed by atoms with van der Waals surface area (Å²) in [4.78, 5) is 5.27. The second-order valence-electron chi connectivity index (χ2n) is 7.59. The number of rotatable bonds is 5. The number of hydrogen-bond donors (Lipinski definition) is 0. The zero-order valence-electron chi connectivity index (χ0n) is 14.5. The molecule has 1 saturated heterocycles. The van der Waals surface area contributed by atoms with Crippen LogP contribution in [0.5, 0.6) is 5.75 Å². The van der Waals surface area contributed by atoms with E-state index in [-0.39, 0.29) is 0 Å². The van der Waals surface area contributed by atoms with Crippen LogP contribution in [0.2, 0.25) is 0 Å². The molecular weight excluding hydrogens is 364 g/mol. The summed E-state index contributed by atoms with van der Waals surface area (Å²) in [7, 11) is 1.71. The smallest absolute Gasteiger partial charge is 0.133 e. The number of methoxy groups -OCH3 is 1. The zero-order valence-corrected chi connectivity index (χ0v) is 16.0. The summed E-state index contributed by atoms with van der Waals surface area (Å²) in [6.45, 7) is 7.14. The summed E-state index contributed by atoms with van der Waals surface area (Å²) in [6.07, 6.45) is 7.79. The molecule has 3 nitrogen and oxygen atoms in total. The maximum atomic E-state index is 5.32. The lowest BCUT2D eigenvalue weighted by Crippen LogP contribution is -2.47. The third-order valence-electron chi connectivity index (χ3n) is 6.00. The van der Waals surface area contributed by atoms with Gasteiger partial charge in [0.2, 0.25) is 0 Å². The lowest BCUT2D eigenvalue weighted by Gasteiger charge is -2.37. The SMILES string of the molecule is COc1ccc(CN2CCN(C[C@H]3C[C@H]4C=C[C@H]3C4)CC2)cc1Br. The summed E-state index contributed by atoms with van der Waals surface area (Å²) in [5.74, 6) is 3.60. The van der Waals surface area contributed by atoms with Gasteiger partial charge >= 0.3 is 0 Å². The Hall–Kier alpha value is -0.840. The van der Waals surface area contributed by atoms with Crippen LogP contribution in [0.25, 0.3) is 0 Å². The van der Waals surface area contributed by atoms with Crippen molar-refractivity contribution in [2.45, 2.75) is 19.4 Å². The molecule has 1 aliphatic heterocycles. The molecule has 0 N–H and O–H groups in total. The van der Waals surface area contributed by atoms with Crippen molar-refractivity contribution < 1.29 is 4.74 Å². The number of piperazine rings is 1. The molecule has 1 aromatic carbocycles. The fourth-order valence-electron chi connectivity index (χ4n) is 4.63. The van der Waals surface area contributed by atoms with Crippen molar-refractivity contribution in [3.8, 4) is 5.75 Å². The van der Waals surface area contributed by atoms with Crippen molar-refractivity contribution in [2.75, 3.05) is 39.8 Å². The van der Waals surface area contributed by atoms with Gasteiger partial charge in [-0.25, -0.2) is 0 Å². The highest BCUT2D eigenvalue weighted by Gasteiger charge is 2.36. The van der Waals surface area contributed by atoms with Gasteiger partial charge in [0.25, 0.3) is 0 Å². The van der Waals surface area contributed by atoms with Crippen LogP contribution in [0.4, 0.5) is 0 Å². The topological polar surface area (TPSA) is 15.7 Å². The summed E-state index contributed by atoms with van der Waals surface area (Å²) >= 11 is 3.59. The molecule has 130 valence electrons. The van der Waals surface area contributed by atoms with Crippen molar-refractivity contribution in [1.29, 1.82) is 0 Å². The predicted octanol–water partition coefficient (Wildman–Crippen LogP) is 3.79. The first kappa shape index (κ1) is 16.6. The lowest BCUT2D eigenvalue weighted by atomic mass is 9.93. The van der Waals surface area contributed by atoms with Crippen molar-refractivity contribution in [3.05, 3.63) is 40.4 Å². The van der Waals surface area contributed by atoms with Crippen molar-refractivity contribution >= 4 is 15.9 Å². The minimum atomic E-state index is 0.879. The van der Waals surface area contributed by atoms with Gasteiger partial charge in [-0.3, -0.25) is 4.90 Å². The van der Waals surface area contributed by atoms with Gasteiger partial charge in [-0.15, -0.1) is 0 Å². The number of allylic oxidation sites excluding steroid dienone is 2. The second kappa shape index (κ2) is 7.19. The van der Waals surface area contributed by atoms with Crippen molar-refractivity contribution in [3.63, 3.8) is 0 Å². The van der Waals surface area contributed by atoms with Crippen LogP contribution in [0.15, 0.2) is 34.8 Å². The third kappa shape index (κ3) is 3.56. The first-order chi connectivity index (χ1) is 11.7. The number of benzene rings is 1. The molecule has 3 atom stereocenters. The van der Waals surface area contributed by atoms with E-state index < -0.39 is 0 Å². The van der Waals surface area contributed by atoms with Gasteiger partial charge in [0.15, 0.2) is 0 Å². The number of fused-ring (bicyclic) bond motifs is 2. The van der Waals surface area contributed by atoms with Crippen LogP contribution < -0.4 is 4.74 Å². The van der Waals surface area contributed by atoms with Crippen molar-refractivity contribution in [2.24, 2.45) is 17.8 Å². The first-order valence-corrected chi connectivity index (χ1v) is 9.96. The molecule has 0 radical (unpaired) electrons. The minimum Gasteiger partial charge on any atom is -0.496 e. The van der Waals surface area contributed by atoms with E-state index in [9.17, 15) is 0 Å². The summed E-state index contributed by atoms with van der Waals surface area (Å²) in [5, 5.41) is 0. The Morgan fingerprint density at radius 1 is 1.08 bits per heavy atom. The Balaban J connectivity index is 1.25. The summed E-state index contributed by atoms with van der Waals surface area (Å²) < 4.78 is 6.36. The Morgan fingerprint density at radius 2 is 1.88 bits per heavy atom. The normalized spacial score (nSPS) is 30.2. The maximum absolute atomic E-state index is 5.32. The van der Waals surface area contributed by atoms with Crippen LogP contribution in [0.3, 0.4) is 0 Å². The summed E-state index contributed by atoms with van der Waals surface area (Å²) in [5.41, 5.74) is 1.36. The molecular formula is C20H27BrN2O. The number of nitrogens with zero attached hydrogens (tertiary/aromatic N) is 2. The fourth-order valence-corrected chi connectivity index (χ4v) is 5.22. The van der Waals surface area contributed by atoms with E-state index >= 15 is 0 Å². The molecule has 0 aromatic heterocycles. The van der Waals surface area contributed by atoms with Crippen LogP contribution in [0, 0.1) is 17.8 Å². The molecule has 2 bridgehead atoms. The van der Waals surface area contributed by atoms with Gasteiger partial charge in [0.1, 0.15) is 5.75 Å². The van der Waals surface area contributed by atoms with Crippen LogP contribution in [-0.2, 0) is 6.54 Å². The van der Waals surface area contributed by atoms with Crippen LogP contribution >= 0.6 is 15.9 Å². The van der Waals surface area contributed by atoms with E-state index in [1.807, 2.05) is 0 Å². The molecule has 0 unspecified atom stereocenters. The monoisotopic (exact) mass is 390 g/mol. The maximum Gasteiger partial charge on any atom is 0.133 e. The molecule has 4 rings (SSSR count). The van der Waals surface area contributed by atoms with E-state index in [1.54, 1.807) is 7.11 Å². The standard InChI is InChI=1S/C20H27BrN2O/c1-24-20-5-3-16(12-19(20)21)13-22-6-8-23(9-7-22)14-18-11-15-2-4-17(18)10-15/h2-5,12,15,17-18H,6-11,13-14H2,1H3/t15-,17-,18+/m0/s1. The summed E-state index contributed by atoms with van der Waals surface area (Å²) in [6, 6.07) is 6.42. The Labute approximate surface area is 153 Å². The third-order valence-corrected chi connectivity index (χ3v) is 6.62. The molecule has 2 fully saturated rings. The van der Waals surface area contributed by atoms with Gasteiger partial charge in [-0.05, 0) is 64.2 Å². The Bertz CT molecular complexity index is 610. The molecule has 0 spiro atoms.